The summed E-state index contributed by atoms with van der Waals surface area (Å²) in [5.74, 6) is 0.396. The second-order valence-corrected chi connectivity index (χ2v) is 2.52. The highest BCUT2D eigenvalue weighted by atomic mass is 16.5. The van der Waals surface area contributed by atoms with Crippen LogP contribution in [0.5, 0.6) is 0 Å². The predicted molar refractivity (Wildman–Crippen MR) is 49.3 cm³/mol. The summed E-state index contributed by atoms with van der Waals surface area (Å²) < 4.78 is 5.22. The van der Waals surface area contributed by atoms with Crippen LogP contribution in [0.4, 0.5) is 0 Å². The number of hydrogen-bond acceptors (Lipinski definition) is 2. The zero-order valence-corrected chi connectivity index (χ0v) is 7.50. The minimum Gasteiger partial charge on any atom is -0.490 e. The summed E-state index contributed by atoms with van der Waals surface area (Å²) >= 11 is 0. The zero-order valence-electron chi connectivity index (χ0n) is 7.50. The van der Waals surface area contributed by atoms with Gasteiger partial charge in [0, 0.05) is 0 Å². The van der Waals surface area contributed by atoms with Gasteiger partial charge in [-0.3, -0.25) is 0 Å². The van der Waals surface area contributed by atoms with Crippen molar-refractivity contribution >= 4 is 0 Å². The Labute approximate surface area is 73.5 Å². The van der Waals surface area contributed by atoms with Gasteiger partial charge in [-0.1, -0.05) is 19.2 Å². The second-order valence-electron chi connectivity index (χ2n) is 2.52. The number of hydrogen-bond donors (Lipinski definition) is 0. The fraction of sp³-hybridized carbons (Fsp3) is 0.300. The highest BCUT2D eigenvalue weighted by Gasteiger charge is 2.03. The van der Waals surface area contributed by atoms with E-state index in [1.807, 2.05) is 19.9 Å². The highest BCUT2D eigenvalue weighted by molar-refractivity contribution is 5.38. The van der Waals surface area contributed by atoms with Gasteiger partial charge in [-0.15, -0.1) is 0 Å². The maximum absolute atomic E-state index is 8.63. The topological polar surface area (TPSA) is 33.0 Å². The van der Waals surface area contributed by atoms with Crippen molar-refractivity contribution in [3.8, 4) is 6.07 Å². The van der Waals surface area contributed by atoms with Crippen molar-refractivity contribution in [3.63, 3.8) is 0 Å². The minimum absolute atomic E-state index is 0.0408. The Morgan fingerprint density at radius 2 is 2.17 bits per heavy atom. The van der Waals surface area contributed by atoms with Crippen molar-refractivity contribution in [2.75, 3.05) is 0 Å². The van der Waals surface area contributed by atoms with Gasteiger partial charge in [0.25, 0.3) is 0 Å². The molecule has 0 radical (unpaired) electrons. The average Bonchev–Trinajstić information content (AvgIpc) is 1.98. The van der Waals surface area contributed by atoms with Crippen LogP contribution in [0, 0.1) is 11.3 Å². The molecular formula is C10H13NO. The molecule has 2 heteroatoms. The van der Waals surface area contributed by atoms with Gasteiger partial charge in [0.05, 0.1) is 11.7 Å². The van der Waals surface area contributed by atoms with Gasteiger partial charge in [-0.05, 0) is 19.9 Å². The van der Waals surface area contributed by atoms with Gasteiger partial charge < -0.3 is 4.74 Å². The van der Waals surface area contributed by atoms with Crippen molar-refractivity contribution in [2.45, 2.75) is 20.0 Å². The molecule has 0 unspecified atom stereocenters. The SMILES string of the molecule is C=CC=C(C#N)C(=C)OC(C)C. The van der Waals surface area contributed by atoms with Gasteiger partial charge in [0.1, 0.15) is 11.8 Å². The van der Waals surface area contributed by atoms with Crippen LogP contribution in [-0.4, -0.2) is 6.10 Å². The van der Waals surface area contributed by atoms with Crippen LogP contribution in [0.1, 0.15) is 13.8 Å². The maximum Gasteiger partial charge on any atom is 0.130 e. The lowest BCUT2D eigenvalue weighted by molar-refractivity contribution is 0.157. The molecule has 0 saturated carbocycles. The molecule has 0 bridgehead atoms. The van der Waals surface area contributed by atoms with Crippen LogP contribution in [0.25, 0.3) is 0 Å². The van der Waals surface area contributed by atoms with Gasteiger partial charge in [-0.2, -0.15) is 5.26 Å². The molecule has 2 nitrogen and oxygen atoms in total. The molecule has 0 aliphatic heterocycles. The van der Waals surface area contributed by atoms with Crippen molar-refractivity contribution in [1.82, 2.24) is 0 Å². The van der Waals surface area contributed by atoms with Crippen LogP contribution in [0.2, 0.25) is 0 Å². The van der Waals surface area contributed by atoms with Crippen LogP contribution in [-0.2, 0) is 4.74 Å². The van der Waals surface area contributed by atoms with E-state index in [0.29, 0.717) is 11.3 Å². The molecular weight excluding hydrogens is 150 g/mol. The van der Waals surface area contributed by atoms with E-state index in [4.69, 9.17) is 10.00 Å². The molecule has 0 saturated heterocycles. The Morgan fingerprint density at radius 1 is 1.58 bits per heavy atom. The van der Waals surface area contributed by atoms with Gasteiger partial charge in [0.15, 0.2) is 0 Å². The number of nitriles is 1. The van der Waals surface area contributed by atoms with Crippen molar-refractivity contribution in [2.24, 2.45) is 0 Å². The molecule has 0 atom stereocenters. The van der Waals surface area contributed by atoms with E-state index in [2.05, 4.69) is 13.2 Å². The summed E-state index contributed by atoms with van der Waals surface area (Å²) in [5, 5.41) is 8.63. The van der Waals surface area contributed by atoms with E-state index >= 15 is 0 Å². The number of allylic oxidation sites excluding steroid dienone is 3. The summed E-state index contributed by atoms with van der Waals surface area (Å²) in [6, 6.07) is 1.97. The summed E-state index contributed by atoms with van der Waals surface area (Å²) in [6.45, 7) is 10.9. The summed E-state index contributed by atoms with van der Waals surface area (Å²) in [6.07, 6.45) is 3.15. The van der Waals surface area contributed by atoms with Crippen molar-refractivity contribution in [1.29, 1.82) is 5.26 Å². The zero-order chi connectivity index (χ0) is 9.56. The molecule has 0 rings (SSSR count). The van der Waals surface area contributed by atoms with E-state index < -0.39 is 0 Å². The number of ether oxygens (including phenoxy) is 1. The van der Waals surface area contributed by atoms with E-state index in [0.717, 1.165) is 0 Å². The smallest absolute Gasteiger partial charge is 0.130 e. The number of rotatable bonds is 4. The normalized spacial score (nSPS) is 10.7. The molecule has 0 spiro atoms. The molecule has 0 aromatic carbocycles. The highest BCUT2D eigenvalue weighted by Crippen LogP contribution is 2.10. The molecule has 0 heterocycles. The first kappa shape index (κ1) is 10.5. The Hall–Kier alpha value is -1.49. The van der Waals surface area contributed by atoms with E-state index in [1.54, 1.807) is 6.08 Å². The fourth-order valence-electron chi connectivity index (χ4n) is 0.658. The maximum atomic E-state index is 8.63. The number of nitrogens with zero attached hydrogens (tertiary/aromatic N) is 1. The minimum atomic E-state index is 0.0408. The third-order valence-electron chi connectivity index (χ3n) is 1.08. The lowest BCUT2D eigenvalue weighted by Crippen LogP contribution is -2.02. The molecule has 0 amide bonds. The quantitative estimate of drug-likeness (QED) is 0.362. The summed E-state index contributed by atoms with van der Waals surface area (Å²) in [7, 11) is 0. The van der Waals surface area contributed by atoms with Crippen molar-refractivity contribution < 1.29 is 4.74 Å². The molecule has 0 N–H and O–H groups in total. The van der Waals surface area contributed by atoms with Crippen LogP contribution in [0.3, 0.4) is 0 Å². The van der Waals surface area contributed by atoms with Crippen LogP contribution >= 0.6 is 0 Å². The van der Waals surface area contributed by atoms with Crippen LogP contribution in [0.15, 0.2) is 36.6 Å². The average molecular weight is 163 g/mol. The Bertz CT molecular complexity index is 243. The Kier molecular flexibility index (Phi) is 4.55. The standard InChI is InChI=1S/C10H13NO/c1-5-6-10(7-11)9(4)12-8(2)3/h5-6,8H,1,4H2,2-3H3. The van der Waals surface area contributed by atoms with Gasteiger partial charge >= 0.3 is 0 Å². The summed E-state index contributed by atoms with van der Waals surface area (Å²) in [5.41, 5.74) is 0.415. The first-order valence-electron chi connectivity index (χ1n) is 3.70. The first-order valence-corrected chi connectivity index (χ1v) is 3.70. The first-order chi connectivity index (χ1) is 5.61. The van der Waals surface area contributed by atoms with E-state index in [1.165, 1.54) is 6.08 Å². The van der Waals surface area contributed by atoms with Crippen molar-refractivity contribution in [3.05, 3.63) is 36.6 Å². The molecule has 64 valence electrons. The molecule has 0 aliphatic carbocycles. The Morgan fingerprint density at radius 3 is 2.50 bits per heavy atom. The Balaban J connectivity index is 4.36. The molecule has 0 aliphatic rings. The van der Waals surface area contributed by atoms with Gasteiger partial charge in [-0.25, -0.2) is 0 Å². The van der Waals surface area contributed by atoms with Crippen LogP contribution < -0.4 is 0 Å². The predicted octanol–water partition coefficient (Wildman–Crippen LogP) is 2.56. The largest absolute Gasteiger partial charge is 0.490 e. The molecule has 0 aromatic rings. The fourth-order valence-corrected chi connectivity index (χ4v) is 0.658. The van der Waals surface area contributed by atoms with E-state index in [-0.39, 0.29) is 6.10 Å². The third kappa shape index (κ3) is 3.62. The van der Waals surface area contributed by atoms with Gasteiger partial charge in [0.2, 0.25) is 0 Å². The lowest BCUT2D eigenvalue weighted by Gasteiger charge is -2.10. The monoisotopic (exact) mass is 163 g/mol. The molecule has 12 heavy (non-hydrogen) atoms. The molecule has 0 fully saturated rings. The lowest BCUT2D eigenvalue weighted by atomic mass is 10.2. The van der Waals surface area contributed by atoms with E-state index in [9.17, 15) is 0 Å². The summed E-state index contributed by atoms with van der Waals surface area (Å²) in [4.78, 5) is 0. The second kappa shape index (κ2) is 5.20. The third-order valence-corrected chi connectivity index (χ3v) is 1.08. The molecule has 0 aromatic heterocycles.